The van der Waals surface area contributed by atoms with Gasteiger partial charge in [-0.25, -0.2) is 4.98 Å². The van der Waals surface area contributed by atoms with Gasteiger partial charge in [-0.05, 0) is 47.7 Å². The van der Waals surface area contributed by atoms with Crippen molar-refractivity contribution in [1.29, 1.82) is 0 Å². The molecule has 1 N–H and O–H groups in total. The molecule has 2 heterocycles. The summed E-state index contributed by atoms with van der Waals surface area (Å²) < 4.78 is 37.6. The number of halogens is 3. The Labute approximate surface area is 170 Å². The Hall–Kier alpha value is -2.29. The zero-order valence-electron chi connectivity index (χ0n) is 16.1. The number of hydrogen-bond acceptors (Lipinski definition) is 5. The molecule has 1 aromatic carbocycles. The van der Waals surface area contributed by atoms with Crippen LogP contribution in [-0.4, -0.2) is 34.3 Å². The smallest absolute Gasteiger partial charge is 0.342 e. The van der Waals surface area contributed by atoms with Crippen LogP contribution in [0.3, 0.4) is 0 Å². The second-order valence-electron chi connectivity index (χ2n) is 7.39. The Balaban J connectivity index is 1.77. The topological polar surface area (TPSA) is 66.1 Å². The van der Waals surface area contributed by atoms with Crippen molar-refractivity contribution in [3.05, 3.63) is 51.9 Å². The van der Waals surface area contributed by atoms with Crippen LogP contribution in [0.1, 0.15) is 48.7 Å². The number of nitrogens with one attached hydrogen (secondary N) is 1. The summed E-state index contributed by atoms with van der Waals surface area (Å²) in [4.78, 5) is 33.7. The van der Waals surface area contributed by atoms with Crippen molar-refractivity contribution in [3.8, 4) is 0 Å². The van der Waals surface area contributed by atoms with Gasteiger partial charge in [-0.2, -0.15) is 13.2 Å². The van der Waals surface area contributed by atoms with Crippen LogP contribution in [-0.2, 0) is 0 Å². The van der Waals surface area contributed by atoms with Gasteiger partial charge in [0, 0.05) is 30.5 Å². The Morgan fingerprint density at radius 3 is 2.41 bits per heavy atom. The lowest BCUT2D eigenvalue weighted by molar-refractivity contribution is -0.0328. The maximum Gasteiger partial charge on any atom is 0.446 e. The maximum atomic E-state index is 12.8. The van der Waals surface area contributed by atoms with Crippen LogP contribution in [0.4, 0.5) is 19.1 Å². The van der Waals surface area contributed by atoms with E-state index in [1.165, 1.54) is 18.2 Å². The lowest BCUT2D eigenvalue weighted by Gasteiger charge is -2.31. The second-order valence-corrected chi connectivity index (χ2v) is 8.53. The van der Waals surface area contributed by atoms with Gasteiger partial charge in [-0.3, -0.25) is 14.6 Å². The highest BCUT2D eigenvalue weighted by atomic mass is 32.2. The van der Waals surface area contributed by atoms with E-state index >= 15 is 0 Å². The zero-order valence-corrected chi connectivity index (χ0v) is 16.9. The molecule has 0 saturated carbocycles. The molecule has 1 aliphatic rings. The number of carbonyl (C=O) groups is 1. The van der Waals surface area contributed by atoms with Gasteiger partial charge in [0.1, 0.15) is 5.69 Å². The molecule has 1 fully saturated rings. The summed E-state index contributed by atoms with van der Waals surface area (Å²) in [5.74, 6) is 0.0324. The van der Waals surface area contributed by atoms with Crippen molar-refractivity contribution in [2.45, 2.75) is 43.0 Å². The number of aromatic nitrogens is 2. The molecule has 5 nitrogen and oxygen atoms in total. The zero-order chi connectivity index (χ0) is 21.2. The molecular weight excluding hydrogens is 403 g/mol. The number of aromatic amines is 1. The summed E-state index contributed by atoms with van der Waals surface area (Å²) in [6.07, 6.45) is 1.14. The average Bonchev–Trinajstić information content (AvgIpc) is 2.56. The lowest BCUT2D eigenvalue weighted by Crippen LogP contribution is -2.39. The van der Waals surface area contributed by atoms with Gasteiger partial charge in [0.15, 0.2) is 5.78 Å². The van der Waals surface area contributed by atoms with Crippen molar-refractivity contribution in [1.82, 2.24) is 9.97 Å². The standard InChI is InChI=1S/C20H22F3N3O2S/c1-12(2)15(13-4-6-14(7-5-13)29-20(21,22)23)10-17(27)16-11-18(28)25-19(24-16)26-8-3-9-26/h4-7,11-12,15H,3,8-10H2,1-2H3,(H,24,25,28)/t15-/m1/s1. The summed E-state index contributed by atoms with van der Waals surface area (Å²) in [6.45, 7) is 5.48. The molecule has 1 saturated heterocycles. The van der Waals surface area contributed by atoms with E-state index in [4.69, 9.17) is 0 Å². The summed E-state index contributed by atoms with van der Waals surface area (Å²) in [5, 5.41) is 0. The van der Waals surface area contributed by atoms with Crippen LogP contribution in [0.5, 0.6) is 0 Å². The molecule has 1 atom stereocenters. The molecule has 0 bridgehead atoms. The number of anilines is 1. The first-order valence-corrected chi connectivity index (χ1v) is 10.2. The molecule has 0 spiro atoms. The number of Topliss-reactive ketones (excluding diaryl/α,β-unsaturated/α-hetero) is 1. The van der Waals surface area contributed by atoms with Gasteiger partial charge in [0.25, 0.3) is 5.56 Å². The van der Waals surface area contributed by atoms with Gasteiger partial charge >= 0.3 is 5.51 Å². The van der Waals surface area contributed by atoms with Crippen LogP contribution < -0.4 is 10.5 Å². The quantitative estimate of drug-likeness (QED) is 0.519. The van der Waals surface area contributed by atoms with Crippen LogP contribution >= 0.6 is 11.8 Å². The molecule has 9 heteroatoms. The normalized spacial score (nSPS) is 15.3. The van der Waals surface area contributed by atoms with E-state index in [-0.39, 0.29) is 52.0 Å². The number of benzene rings is 1. The number of carbonyl (C=O) groups excluding carboxylic acids is 1. The van der Waals surface area contributed by atoms with Crippen LogP contribution in [0.2, 0.25) is 0 Å². The van der Waals surface area contributed by atoms with E-state index in [0.29, 0.717) is 5.95 Å². The summed E-state index contributed by atoms with van der Waals surface area (Å²) >= 11 is -0.166. The molecule has 2 aromatic rings. The molecule has 29 heavy (non-hydrogen) atoms. The first-order chi connectivity index (χ1) is 13.6. The molecule has 0 amide bonds. The minimum atomic E-state index is -4.34. The Morgan fingerprint density at radius 1 is 1.24 bits per heavy atom. The maximum absolute atomic E-state index is 12.8. The summed E-state index contributed by atoms with van der Waals surface area (Å²) in [6, 6.07) is 7.29. The predicted molar refractivity (Wildman–Crippen MR) is 107 cm³/mol. The number of thioether (sulfide) groups is 1. The molecule has 156 valence electrons. The predicted octanol–water partition coefficient (Wildman–Crippen LogP) is 4.60. The van der Waals surface area contributed by atoms with Gasteiger partial charge in [-0.1, -0.05) is 26.0 Å². The third-order valence-corrected chi connectivity index (χ3v) is 5.66. The number of alkyl halides is 3. The highest BCUT2D eigenvalue weighted by Gasteiger charge is 2.29. The lowest BCUT2D eigenvalue weighted by atomic mass is 9.84. The van der Waals surface area contributed by atoms with Gasteiger partial charge < -0.3 is 4.90 Å². The molecule has 0 radical (unpaired) electrons. The highest BCUT2D eigenvalue weighted by molar-refractivity contribution is 8.00. The Kier molecular flexibility index (Phi) is 6.36. The van der Waals surface area contributed by atoms with Crippen LogP contribution in [0.15, 0.2) is 40.0 Å². The number of hydrogen-bond donors (Lipinski definition) is 1. The molecule has 1 aromatic heterocycles. The third kappa shape index (κ3) is 5.62. The van der Waals surface area contributed by atoms with Crippen LogP contribution in [0, 0.1) is 5.92 Å². The number of rotatable bonds is 7. The molecule has 0 aliphatic carbocycles. The van der Waals surface area contributed by atoms with Crippen molar-refractivity contribution < 1.29 is 18.0 Å². The minimum absolute atomic E-state index is 0.0805. The van der Waals surface area contributed by atoms with Gasteiger partial charge in [0.05, 0.1) is 0 Å². The highest BCUT2D eigenvalue weighted by Crippen LogP contribution is 2.38. The van der Waals surface area contributed by atoms with E-state index in [1.54, 1.807) is 12.1 Å². The number of nitrogens with zero attached hydrogens (tertiary/aromatic N) is 2. The van der Waals surface area contributed by atoms with Crippen LogP contribution in [0.25, 0.3) is 0 Å². The van der Waals surface area contributed by atoms with E-state index in [9.17, 15) is 22.8 Å². The van der Waals surface area contributed by atoms with Gasteiger partial charge in [0.2, 0.25) is 5.95 Å². The first kappa shape index (κ1) is 21.4. The average molecular weight is 425 g/mol. The molecule has 3 rings (SSSR count). The molecule has 1 aliphatic heterocycles. The SMILES string of the molecule is CC(C)[C@@H](CC(=O)c1cc(=O)[nH]c(N2CCC2)n1)c1ccc(SC(F)(F)F)cc1. The van der Waals surface area contributed by atoms with Crippen molar-refractivity contribution in [3.63, 3.8) is 0 Å². The largest absolute Gasteiger partial charge is 0.446 e. The minimum Gasteiger partial charge on any atom is -0.342 e. The fourth-order valence-electron chi connectivity index (χ4n) is 3.22. The fraction of sp³-hybridized carbons (Fsp3) is 0.450. The first-order valence-electron chi connectivity index (χ1n) is 9.37. The molecule has 0 unspecified atom stereocenters. The third-order valence-electron chi connectivity index (χ3n) is 4.92. The monoisotopic (exact) mass is 425 g/mol. The Bertz CT molecular complexity index is 922. The van der Waals surface area contributed by atoms with Crippen molar-refractivity contribution in [2.24, 2.45) is 5.92 Å². The van der Waals surface area contributed by atoms with E-state index in [1.807, 2.05) is 18.7 Å². The summed E-state index contributed by atoms with van der Waals surface area (Å²) in [7, 11) is 0. The fourth-order valence-corrected chi connectivity index (χ4v) is 3.76. The van der Waals surface area contributed by atoms with E-state index < -0.39 is 5.51 Å². The van der Waals surface area contributed by atoms with Crippen molar-refractivity contribution in [2.75, 3.05) is 18.0 Å². The number of ketones is 1. The van der Waals surface area contributed by atoms with Gasteiger partial charge in [-0.15, -0.1) is 0 Å². The Morgan fingerprint density at radius 2 is 1.90 bits per heavy atom. The van der Waals surface area contributed by atoms with Crippen molar-refractivity contribution >= 4 is 23.5 Å². The van der Waals surface area contributed by atoms with E-state index in [0.717, 1.165) is 25.1 Å². The van der Waals surface area contributed by atoms with E-state index in [2.05, 4.69) is 9.97 Å². The number of H-pyrrole nitrogens is 1. The molecular formula is C20H22F3N3O2S. The summed E-state index contributed by atoms with van der Waals surface area (Å²) in [5.41, 5.74) is -3.81. The second kappa shape index (κ2) is 8.61.